The van der Waals surface area contributed by atoms with Crippen LogP contribution in [0.25, 0.3) is 0 Å². The zero-order valence-corrected chi connectivity index (χ0v) is 10.6. The SMILES string of the molecule is Cc1cc(F)cc(C(=O)NC2CCCNCC2)c1. The van der Waals surface area contributed by atoms with Crippen LogP contribution in [0.2, 0.25) is 0 Å². The Morgan fingerprint density at radius 3 is 2.94 bits per heavy atom. The Morgan fingerprint density at radius 1 is 1.33 bits per heavy atom. The van der Waals surface area contributed by atoms with Crippen LogP contribution >= 0.6 is 0 Å². The maximum absolute atomic E-state index is 13.2. The van der Waals surface area contributed by atoms with Crippen molar-refractivity contribution in [3.8, 4) is 0 Å². The summed E-state index contributed by atoms with van der Waals surface area (Å²) in [7, 11) is 0. The first-order chi connectivity index (χ1) is 8.65. The van der Waals surface area contributed by atoms with Crippen LogP contribution in [0.4, 0.5) is 4.39 Å². The van der Waals surface area contributed by atoms with E-state index in [2.05, 4.69) is 10.6 Å². The third kappa shape index (κ3) is 3.53. The van der Waals surface area contributed by atoms with Crippen molar-refractivity contribution in [1.29, 1.82) is 0 Å². The molecular formula is C14H19FN2O. The van der Waals surface area contributed by atoms with E-state index in [1.54, 1.807) is 13.0 Å². The third-order valence-corrected chi connectivity index (χ3v) is 3.22. The molecule has 0 saturated carbocycles. The van der Waals surface area contributed by atoms with E-state index in [0.717, 1.165) is 37.9 Å². The van der Waals surface area contributed by atoms with Crippen molar-refractivity contribution in [3.05, 3.63) is 35.1 Å². The van der Waals surface area contributed by atoms with E-state index in [1.165, 1.54) is 12.1 Å². The molecule has 0 aromatic heterocycles. The van der Waals surface area contributed by atoms with E-state index in [9.17, 15) is 9.18 Å². The van der Waals surface area contributed by atoms with Gasteiger partial charge in [-0.3, -0.25) is 4.79 Å². The topological polar surface area (TPSA) is 41.1 Å². The minimum atomic E-state index is -0.359. The highest BCUT2D eigenvalue weighted by Gasteiger charge is 2.16. The molecule has 0 bridgehead atoms. The van der Waals surface area contributed by atoms with Crippen LogP contribution < -0.4 is 10.6 Å². The summed E-state index contributed by atoms with van der Waals surface area (Å²) < 4.78 is 13.2. The van der Waals surface area contributed by atoms with E-state index in [0.29, 0.717) is 5.56 Å². The minimum Gasteiger partial charge on any atom is -0.349 e. The number of halogens is 1. The summed E-state index contributed by atoms with van der Waals surface area (Å²) in [5.41, 5.74) is 1.17. The first kappa shape index (κ1) is 13.0. The Labute approximate surface area is 107 Å². The average Bonchev–Trinajstić information content (AvgIpc) is 2.56. The molecular weight excluding hydrogens is 231 g/mol. The lowest BCUT2D eigenvalue weighted by Gasteiger charge is -2.16. The van der Waals surface area contributed by atoms with E-state index in [-0.39, 0.29) is 17.8 Å². The summed E-state index contributed by atoms with van der Waals surface area (Å²) in [6.45, 7) is 3.72. The van der Waals surface area contributed by atoms with Gasteiger partial charge in [0, 0.05) is 11.6 Å². The molecule has 1 saturated heterocycles. The van der Waals surface area contributed by atoms with Crippen LogP contribution in [-0.2, 0) is 0 Å². The van der Waals surface area contributed by atoms with Crippen molar-refractivity contribution in [2.24, 2.45) is 0 Å². The van der Waals surface area contributed by atoms with Crippen molar-refractivity contribution in [1.82, 2.24) is 10.6 Å². The summed E-state index contributed by atoms with van der Waals surface area (Å²) in [4.78, 5) is 12.0. The fourth-order valence-electron chi connectivity index (χ4n) is 2.30. The summed E-state index contributed by atoms with van der Waals surface area (Å²) in [6, 6.07) is 4.62. The molecule has 3 nitrogen and oxygen atoms in total. The number of hydrogen-bond donors (Lipinski definition) is 2. The van der Waals surface area contributed by atoms with Crippen LogP contribution in [-0.4, -0.2) is 25.0 Å². The normalized spacial score (nSPS) is 20.2. The fourth-order valence-corrected chi connectivity index (χ4v) is 2.30. The highest BCUT2D eigenvalue weighted by Crippen LogP contribution is 2.10. The van der Waals surface area contributed by atoms with E-state index < -0.39 is 0 Å². The summed E-state index contributed by atoms with van der Waals surface area (Å²) in [5.74, 6) is -0.535. The molecule has 1 heterocycles. The van der Waals surface area contributed by atoms with Crippen molar-refractivity contribution in [3.63, 3.8) is 0 Å². The molecule has 1 amide bonds. The number of nitrogens with one attached hydrogen (secondary N) is 2. The smallest absolute Gasteiger partial charge is 0.251 e. The first-order valence-electron chi connectivity index (χ1n) is 6.44. The number of amides is 1. The van der Waals surface area contributed by atoms with Crippen LogP contribution in [0, 0.1) is 12.7 Å². The van der Waals surface area contributed by atoms with Gasteiger partial charge in [-0.15, -0.1) is 0 Å². The summed E-state index contributed by atoms with van der Waals surface area (Å²) in [5, 5.41) is 6.28. The molecule has 1 aliphatic heterocycles. The number of aryl methyl sites for hydroxylation is 1. The Bertz CT molecular complexity index is 406. The van der Waals surface area contributed by atoms with Crippen LogP contribution in [0.15, 0.2) is 18.2 Å². The predicted octanol–water partition coefficient (Wildman–Crippen LogP) is 2.01. The molecule has 1 fully saturated rings. The highest BCUT2D eigenvalue weighted by atomic mass is 19.1. The van der Waals surface area contributed by atoms with Crippen molar-refractivity contribution in [2.75, 3.05) is 13.1 Å². The van der Waals surface area contributed by atoms with E-state index >= 15 is 0 Å². The Kier molecular flexibility index (Phi) is 4.31. The van der Waals surface area contributed by atoms with Gasteiger partial charge >= 0.3 is 0 Å². The molecule has 2 rings (SSSR count). The van der Waals surface area contributed by atoms with Crippen molar-refractivity contribution in [2.45, 2.75) is 32.2 Å². The number of rotatable bonds is 2. The molecule has 4 heteroatoms. The fraction of sp³-hybridized carbons (Fsp3) is 0.500. The van der Waals surface area contributed by atoms with Gasteiger partial charge in [0.1, 0.15) is 5.82 Å². The van der Waals surface area contributed by atoms with Gasteiger partial charge in [0.05, 0.1) is 0 Å². The van der Waals surface area contributed by atoms with Gasteiger partial charge in [-0.2, -0.15) is 0 Å². The first-order valence-corrected chi connectivity index (χ1v) is 6.44. The third-order valence-electron chi connectivity index (χ3n) is 3.22. The molecule has 18 heavy (non-hydrogen) atoms. The molecule has 0 radical (unpaired) electrons. The quantitative estimate of drug-likeness (QED) is 0.843. The van der Waals surface area contributed by atoms with Crippen molar-refractivity contribution < 1.29 is 9.18 Å². The molecule has 1 aromatic rings. The zero-order chi connectivity index (χ0) is 13.0. The standard InChI is InChI=1S/C14H19FN2O/c1-10-7-11(9-12(15)8-10)14(18)17-13-3-2-5-16-6-4-13/h7-9,13,16H,2-6H2,1H3,(H,17,18). The van der Waals surface area contributed by atoms with Gasteiger partial charge in [0.25, 0.3) is 5.91 Å². The lowest BCUT2D eigenvalue weighted by Crippen LogP contribution is -2.35. The van der Waals surface area contributed by atoms with Crippen LogP contribution in [0.3, 0.4) is 0 Å². The van der Waals surface area contributed by atoms with Gasteiger partial charge in [0.15, 0.2) is 0 Å². The second-order valence-electron chi connectivity index (χ2n) is 4.87. The lowest BCUT2D eigenvalue weighted by atomic mass is 10.1. The van der Waals surface area contributed by atoms with Gasteiger partial charge < -0.3 is 10.6 Å². The van der Waals surface area contributed by atoms with E-state index in [1.807, 2.05) is 0 Å². The zero-order valence-electron chi connectivity index (χ0n) is 10.6. The van der Waals surface area contributed by atoms with Crippen LogP contribution in [0.5, 0.6) is 0 Å². The number of carbonyl (C=O) groups is 1. The number of carbonyl (C=O) groups excluding carboxylic acids is 1. The van der Waals surface area contributed by atoms with E-state index in [4.69, 9.17) is 0 Å². The average molecular weight is 250 g/mol. The molecule has 0 spiro atoms. The second kappa shape index (κ2) is 5.96. The highest BCUT2D eigenvalue weighted by molar-refractivity contribution is 5.94. The van der Waals surface area contributed by atoms with Gasteiger partial charge in [0.2, 0.25) is 0 Å². The van der Waals surface area contributed by atoms with Gasteiger partial charge in [-0.25, -0.2) is 4.39 Å². The Hall–Kier alpha value is -1.42. The maximum atomic E-state index is 13.2. The molecule has 1 atom stereocenters. The second-order valence-corrected chi connectivity index (χ2v) is 4.87. The Morgan fingerprint density at radius 2 is 2.17 bits per heavy atom. The lowest BCUT2D eigenvalue weighted by molar-refractivity contribution is 0.0933. The molecule has 1 aromatic carbocycles. The molecule has 1 aliphatic rings. The molecule has 1 unspecified atom stereocenters. The van der Waals surface area contributed by atoms with Crippen molar-refractivity contribution >= 4 is 5.91 Å². The number of hydrogen-bond acceptors (Lipinski definition) is 2. The molecule has 98 valence electrons. The minimum absolute atomic E-state index is 0.176. The van der Waals surface area contributed by atoms with Gasteiger partial charge in [-0.05, 0) is 63.0 Å². The Balaban J connectivity index is 2.01. The molecule has 0 aliphatic carbocycles. The summed E-state index contributed by atoms with van der Waals surface area (Å²) >= 11 is 0. The largest absolute Gasteiger partial charge is 0.349 e. The number of benzene rings is 1. The molecule has 2 N–H and O–H groups in total. The maximum Gasteiger partial charge on any atom is 0.251 e. The van der Waals surface area contributed by atoms with Crippen LogP contribution in [0.1, 0.15) is 35.2 Å². The predicted molar refractivity (Wildman–Crippen MR) is 69.1 cm³/mol. The van der Waals surface area contributed by atoms with Gasteiger partial charge in [-0.1, -0.05) is 0 Å². The summed E-state index contributed by atoms with van der Waals surface area (Å²) in [6.07, 6.45) is 2.97. The monoisotopic (exact) mass is 250 g/mol.